The van der Waals surface area contributed by atoms with Crippen LogP contribution in [-0.4, -0.2) is 46.2 Å². The summed E-state index contributed by atoms with van der Waals surface area (Å²) in [5.41, 5.74) is -0.432. The van der Waals surface area contributed by atoms with Gasteiger partial charge in [-0.15, -0.1) is 0 Å². The van der Waals surface area contributed by atoms with E-state index in [1.807, 2.05) is 0 Å². The molecular weight excluding hydrogens is 230 g/mol. The summed E-state index contributed by atoms with van der Waals surface area (Å²) in [6, 6.07) is -0.585. The van der Waals surface area contributed by atoms with Crippen LogP contribution in [-0.2, 0) is 9.53 Å². The first-order valence-electron chi connectivity index (χ1n) is 4.97. The van der Waals surface area contributed by atoms with E-state index >= 15 is 0 Å². The van der Waals surface area contributed by atoms with Gasteiger partial charge in [-0.2, -0.15) is 0 Å². The number of hydrogen-bond acceptors (Lipinski definition) is 4. The van der Waals surface area contributed by atoms with Crippen molar-refractivity contribution in [2.75, 3.05) is 13.2 Å². The van der Waals surface area contributed by atoms with E-state index in [-0.39, 0.29) is 18.9 Å². The van der Waals surface area contributed by atoms with Gasteiger partial charge in [-0.1, -0.05) is 0 Å². The topological polar surface area (TPSA) is 124 Å². The maximum Gasteiger partial charge on any atom is 0.323 e. The molecule has 0 bridgehead atoms. The number of aliphatic carboxylic acids is 1. The van der Waals surface area contributed by atoms with Crippen LogP contribution in [0.25, 0.3) is 0 Å². The molecule has 1 aliphatic rings. The zero-order valence-electron chi connectivity index (χ0n) is 8.73. The zero-order valence-corrected chi connectivity index (χ0v) is 8.73. The number of carboxylic acid groups (broad SMARTS) is 1. The van der Waals surface area contributed by atoms with Crippen LogP contribution in [0.1, 0.15) is 10.5 Å². The second-order valence-electron chi connectivity index (χ2n) is 3.72. The average Bonchev–Trinajstić information content (AvgIpc) is 2.86. The molecule has 0 aromatic carbocycles. The van der Waals surface area contributed by atoms with Gasteiger partial charge in [0.1, 0.15) is 11.6 Å². The summed E-state index contributed by atoms with van der Waals surface area (Å²) in [5.74, 6) is -2.31. The SMILES string of the molecule is O=C(NC1COCC1C(=O)O)c1c[nH]c(=O)[nH]1. The third-order valence-electron chi connectivity index (χ3n) is 2.55. The van der Waals surface area contributed by atoms with E-state index in [0.29, 0.717) is 0 Å². The minimum atomic E-state index is -1.02. The fourth-order valence-corrected chi connectivity index (χ4v) is 1.64. The summed E-state index contributed by atoms with van der Waals surface area (Å²) in [5, 5.41) is 11.4. The maximum absolute atomic E-state index is 11.6. The molecule has 2 unspecified atom stereocenters. The summed E-state index contributed by atoms with van der Waals surface area (Å²) < 4.78 is 5.00. The number of nitrogens with one attached hydrogen (secondary N) is 3. The third-order valence-corrected chi connectivity index (χ3v) is 2.55. The molecule has 0 spiro atoms. The lowest BCUT2D eigenvalue weighted by molar-refractivity contribution is -0.142. The number of ether oxygens (including phenoxy) is 1. The smallest absolute Gasteiger partial charge is 0.323 e. The van der Waals surface area contributed by atoms with Crippen molar-refractivity contribution in [1.82, 2.24) is 15.3 Å². The molecule has 1 aromatic rings. The number of imidazole rings is 1. The molecule has 1 amide bonds. The molecule has 2 rings (SSSR count). The summed E-state index contributed by atoms with van der Waals surface area (Å²) in [6.07, 6.45) is 1.23. The fourth-order valence-electron chi connectivity index (χ4n) is 1.64. The average molecular weight is 241 g/mol. The highest BCUT2D eigenvalue weighted by Gasteiger charge is 2.35. The first kappa shape index (κ1) is 11.4. The van der Waals surface area contributed by atoms with E-state index in [1.165, 1.54) is 6.20 Å². The van der Waals surface area contributed by atoms with E-state index in [2.05, 4.69) is 15.3 Å². The fraction of sp³-hybridized carbons (Fsp3) is 0.444. The van der Waals surface area contributed by atoms with Crippen molar-refractivity contribution < 1.29 is 19.4 Å². The van der Waals surface area contributed by atoms with Crippen molar-refractivity contribution >= 4 is 11.9 Å². The Labute approximate surface area is 95.0 Å². The summed E-state index contributed by atoms with van der Waals surface area (Å²) in [6.45, 7) is 0.224. The Morgan fingerprint density at radius 1 is 1.47 bits per heavy atom. The number of carbonyl (C=O) groups excluding carboxylic acids is 1. The predicted octanol–water partition coefficient (Wildman–Crippen LogP) is -1.47. The molecule has 0 aliphatic carbocycles. The highest BCUT2D eigenvalue weighted by atomic mass is 16.5. The van der Waals surface area contributed by atoms with E-state index in [9.17, 15) is 14.4 Å². The highest BCUT2D eigenvalue weighted by molar-refractivity contribution is 5.92. The van der Waals surface area contributed by atoms with E-state index in [4.69, 9.17) is 9.84 Å². The number of hydrogen-bond donors (Lipinski definition) is 4. The molecule has 4 N–H and O–H groups in total. The Bertz CT molecular complexity index is 491. The molecule has 1 saturated heterocycles. The second-order valence-corrected chi connectivity index (χ2v) is 3.72. The molecule has 1 aliphatic heterocycles. The first-order valence-corrected chi connectivity index (χ1v) is 4.97. The van der Waals surface area contributed by atoms with Crippen molar-refractivity contribution in [1.29, 1.82) is 0 Å². The van der Waals surface area contributed by atoms with Crippen LogP contribution in [0.4, 0.5) is 0 Å². The Morgan fingerprint density at radius 3 is 2.82 bits per heavy atom. The number of carboxylic acids is 1. The highest BCUT2D eigenvalue weighted by Crippen LogP contribution is 2.14. The standard InChI is InChI=1S/C9H11N3O5/c13-7(5-1-10-9(16)12-5)11-6-3-17-2-4(6)8(14)15/h1,4,6H,2-3H2,(H,11,13)(H,14,15)(H2,10,12,16). The van der Waals surface area contributed by atoms with Gasteiger partial charge < -0.3 is 25.1 Å². The monoisotopic (exact) mass is 241 g/mol. The lowest BCUT2D eigenvalue weighted by atomic mass is 10.0. The van der Waals surface area contributed by atoms with Gasteiger partial charge in [0.25, 0.3) is 5.91 Å². The van der Waals surface area contributed by atoms with Crippen molar-refractivity contribution in [3.05, 3.63) is 22.4 Å². The van der Waals surface area contributed by atoms with Crippen LogP contribution in [0.15, 0.2) is 11.0 Å². The Hall–Kier alpha value is -2.09. The third kappa shape index (κ3) is 2.36. The molecule has 92 valence electrons. The molecule has 0 saturated carbocycles. The Balaban J connectivity index is 2.03. The van der Waals surface area contributed by atoms with Crippen LogP contribution < -0.4 is 11.0 Å². The summed E-state index contributed by atoms with van der Waals surface area (Å²) in [4.78, 5) is 37.8. The lowest BCUT2D eigenvalue weighted by Crippen LogP contribution is -2.42. The van der Waals surface area contributed by atoms with Gasteiger partial charge in [-0.3, -0.25) is 9.59 Å². The van der Waals surface area contributed by atoms with Crippen molar-refractivity contribution in [2.45, 2.75) is 6.04 Å². The number of aromatic amines is 2. The first-order chi connectivity index (χ1) is 8.08. The molecule has 8 nitrogen and oxygen atoms in total. The van der Waals surface area contributed by atoms with Gasteiger partial charge in [-0.05, 0) is 0 Å². The van der Waals surface area contributed by atoms with E-state index in [0.717, 1.165) is 0 Å². The van der Waals surface area contributed by atoms with Crippen molar-refractivity contribution in [3.63, 3.8) is 0 Å². The lowest BCUT2D eigenvalue weighted by Gasteiger charge is -2.14. The Morgan fingerprint density at radius 2 is 2.24 bits per heavy atom. The summed E-state index contributed by atoms with van der Waals surface area (Å²) >= 11 is 0. The quantitative estimate of drug-likeness (QED) is 0.514. The van der Waals surface area contributed by atoms with Gasteiger partial charge in [0, 0.05) is 6.20 Å². The van der Waals surface area contributed by atoms with Crippen molar-refractivity contribution in [3.8, 4) is 0 Å². The molecule has 2 atom stereocenters. The van der Waals surface area contributed by atoms with Crippen LogP contribution >= 0.6 is 0 Å². The van der Waals surface area contributed by atoms with Crippen LogP contribution in [0.3, 0.4) is 0 Å². The van der Waals surface area contributed by atoms with Crippen LogP contribution in [0.2, 0.25) is 0 Å². The second kappa shape index (κ2) is 4.42. The molecular formula is C9H11N3O5. The molecule has 1 aromatic heterocycles. The minimum absolute atomic E-state index is 0.0611. The van der Waals surface area contributed by atoms with Gasteiger partial charge in [0.05, 0.1) is 19.3 Å². The van der Waals surface area contributed by atoms with Crippen LogP contribution in [0, 0.1) is 5.92 Å². The number of aromatic nitrogens is 2. The van der Waals surface area contributed by atoms with Gasteiger partial charge in [0.15, 0.2) is 0 Å². The molecule has 17 heavy (non-hydrogen) atoms. The predicted molar refractivity (Wildman–Crippen MR) is 54.6 cm³/mol. The number of H-pyrrole nitrogens is 2. The Kier molecular flexibility index (Phi) is 2.96. The van der Waals surface area contributed by atoms with Crippen molar-refractivity contribution in [2.24, 2.45) is 5.92 Å². The maximum atomic E-state index is 11.6. The van der Waals surface area contributed by atoms with E-state index < -0.39 is 29.5 Å². The molecule has 8 heteroatoms. The van der Waals surface area contributed by atoms with Crippen LogP contribution in [0.5, 0.6) is 0 Å². The number of amides is 1. The molecule has 0 radical (unpaired) electrons. The van der Waals surface area contributed by atoms with Gasteiger partial charge >= 0.3 is 11.7 Å². The number of rotatable bonds is 3. The minimum Gasteiger partial charge on any atom is -0.481 e. The molecule has 2 heterocycles. The largest absolute Gasteiger partial charge is 0.481 e. The van der Waals surface area contributed by atoms with E-state index in [1.54, 1.807) is 0 Å². The summed E-state index contributed by atoms with van der Waals surface area (Å²) in [7, 11) is 0. The van der Waals surface area contributed by atoms with Gasteiger partial charge in [-0.25, -0.2) is 4.79 Å². The molecule has 1 fully saturated rings. The zero-order chi connectivity index (χ0) is 12.4. The number of carbonyl (C=O) groups is 2. The normalized spacial score (nSPS) is 23.5. The van der Waals surface area contributed by atoms with Gasteiger partial charge in [0.2, 0.25) is 0 Å².